The number of carbonyl (C=O) groups excluding carboxylic acids is 1. The van der Waals surface area contributed by atoms with Gasteiger partial charge < -0.3 is 19.9 Å². The van der Waals surface area contributed by atoms with Gasteiger partial charge in [0.25, 0.3) is 5.91 Å². The maximum atomic E-state index is 12.9. The normalized spacial score (nSPS) is 26.1. The molecule has 5 nitrogen and oxygen atoms in total. The fourth-order valence-corrected chi connectivity index (χ4v) is 3.42. The van der Waals surface area contributed by atoms with Crippen molar-refractivity contribution in [2.45, 2.75) is 51.3 Å². The number of rotatable bonds is 2. The van der Waals surface area contributed by atoms with Crippen LogP contribution in [-0.2, 0) is 4.74 Å². The number of carbonyl (C=O) groups is 1. The predicted octanol–water partition coefficient (Wildman–Crippen LogP) is 2.04. The van der Waals surface area contributed by atoms with E-state index in [0.29, 0.717) is 24.5 Å². The first-order valence-corrected chi connectivity index (χ1v) is 7.48. The Bertz CT molecular complexity index is 509. The molecule has 2 heterocycles. The van der Waals surface area contributed by atoms with E-state index < -0.39 is 0 Å². The molecular weight excluding hydrogens is 254 g/mol. The van der Waals surface area contributed by atoms with Gasteiger partial charge in [0.15, 0.2) is 0 Å². The highest BCUT2D eigenvalue weighted by atomic mass is 16.5. The first-order chi connectivity index (χ1) is 9.58. The van der Waals surface area contributed by atoms with Crippen LogP contribution in [0.2, 0.25) is 0 Å². The molecule has 1 aliphatic carbocycles. The Kier molecular flexibility index (Phi) is 3.46. The number of fused-ring (bicyclic) bond motifs is 1. The second-order valence-corrected chi connectivity index (χ2v) is 6.07. The van der Waals surface area contributed by atoms with E-state index in [9.17, 15) is 4.79 Å². The zero-order chi connectivity index (χ0) is 14.3. The van der Waals surface area contributed by atoms with E-state index in [1.165, 1.54) is 0 Å². The van der Waals surface area contributed by atoms with Gasteiger partial charge in [0.2, 0.25) is 0 Å². The Morgan fingerprint density at radius 3 is 3.00 bits per heavy atom. The summed E-state index contributed by atoms with van der Waals surface area (Å²) in [5.41, 5.74) is 7.23. The van der Waals surface area contributed by atoms with Gasteiger partial charge in [-0.1, -0.05) is 0 Å². The molecule has 1 aromatic heterocycles. The standard InChI is InChI=1S/C15H23N3O2/c1-10(2)18-9-11(16)8-13(18)15(19)17-6-7-20-14-5-3-4-12(14)17/h8-10,12,14H,3-7,16H2,1-2H3. The smallest absolute Gasteiger partial charge is 0.270 e. The molecule has 0 spiro atoms. The number of aromatic nitrogens is 1. The van der Waals surface area contributed by atoms with Crippen molar-refractivity contribution < 1.29 is 9.53 Å². The van der Waals surface area contributed by atoms with E-state index in [-0.39, 0.29) is 24.1 Å². The molecular formula is C15H23N3O2. The summed E-state index contributed by atoms with van der Waals surface area (Å²) < 4.78 is 7.74. The minimum Gasteiger partial charge on any atom is -0.397 e. The third-order valence-electron chi connectivity index (χ3n) is 4.39. The SMILES string of the molecule is CC(C)n1cc(N)cc1C(=O)N1CCOC2CCCC21. The van der Waals surface area contributed by atoms with Crippen molar-refractivity contribution in [1.82, 2.24) is 9.47 Å². The first kappa shape index (κ1) is 13.5. The van der Waals surface area contributed by atoms with Crippen molar-refractivity contribution in [3.8, 4) is 0 Å². The zero-order valence-electron chi connectivity index (χ0n) is 12.2. The fourth-order valence-electron chi connectivity index (χ4n) is 3.42. The van der Waals surface area contributed by atoms with Crippen molar-refractivity contribution in [3.63, 3.8) is 0 Å². The van der Waals surface area contributed by atoms with Crippen LogP contribution < -0.4 is 5.73 Å². The van der Waals surface area contributed by atoms with Crippen molar-refractivity contribution in [2.24, 2.45) is 0 Å². The van der Waals surface area contributed by atoms with Crippen LogP contribution in [0.1, 0.15) is 49.6 Å². The monoisotopic (exact) mass is 277 g/mol. The minimum absolute atomic E-state index is 0.0931. The van der Waals surface area contributed by atoms with Crippen LogP contribution in [0.25, 0.3) is 0 Å². The average Bonchev–Trinajstić information content (AvgIpc) is 3.03. The van der Waals surface area contributed by atoms with Gasteiger partial charge in [-0.15, -0.1) is 0 Å². The number of ether oxygens (including phenoxy) is 1. The highest BCUT2D eigenvalue weighted by Crippen LogP contribution is 2.31. The van der Waals surface area contributed by atoms with Gasteiger partial charge in [-0.05, 0) is 39.2 Å². The third-order valence-corrected chi connectivity index (χ3v) is 4.39. The number of amides is 1. The third kappa shape index (κ3) is 2.20. The van der Waals surface area contributed by atoms with E-state index in [0.717, 1.165) is 19.3 Å². The van der Waals surface area contributed by atoms with Crippen molar-refractivity contribution in [3.05, 3.63) is 18.0 Å². The molecule has 2 aliphatic rings. The van der Waals surface area contributed by atoms with Crippen LogP contribution in [0.3, 0.4) is 0 Å². The van der Waals surface area contributed by atoms with Crippen LogP contribution in [0.5, 0.6) is 0 Å². The summed E-state index contributed by atoms with van der Waals surface area (Å²) in [4.78, 5) is 14.9. The highest BCUT2D eigenvalue weighted by Gasteiger charge is 2.39. The van der Waals surface area contributed by atoms with Gasteiger partial charge in [0.05, 0.1) is 24.4 Å². The molecule has 1 aliphatic heterocycles. The van der Waals surface area contributed by atoms with Gasteiger partial charge in [0, 0.05) is 18.8 Å². The maximum Gasteiger partial charge on any atom is 0.270 e. The molecule has 0 aromatic carbocycles. The summed E-state index contributed by atoms with van der Waals surface area (Å²) in [7, 11) is 0. The Morgan fingerprint density at radius 1 is 1.45 bits per heavy atom. The molecule has 3 rings (SSSR count). The van der Waals surface area contributed by atoms with Gasteiger partial charge in [-0.3, -0.25) is 4.79 Å². The summed E-state index contributed by atoms with van der Waals surface area (Å²) in [5, 5.41) is 0. The number of hydrogen-bond acceptors (Lipinski definition) is 3. The van der Waals surface area contributed by atoms with Crippen LogP contribution in [0, 0.1) is 0 Å². The molecule has 1 saturated heterocycles. The topological polar surface area (TPSA) is 60.5 Å². The number of nitrogens with zero attached hydrogens (tertiary/aromatic N) is 2. The fraction of sp³-hybridized carbons (Fsp3) is 0.667. The Labute approximate surface area is 119 Å². The lowest BCUT2D eigenvalue weighted by molar-refractivity contribution is -0.0448. The molecule has 20 heavy (non-hydrogen) atoms. The highest BCUT2D eigenvalue weighted by molar-refractivity contribution is 5.94. The second-order valence-electron chi connectivity index (χ2n) is 6.07. The molecule has 1 saturated carbocycles. The lowest BCUT2D eigenvalue weighted by atomic mass is 10.1. The van der Waals surface area contributed by atoms with Crippen LogP contribution in [-0.4, -0.2) is 40.7 Å². The number of nitrogens with two attached hydrogens (primary N) is 1. The van der Waals surface area contributed by atoms with E-state index in [2.05, 4.69) is 13.8 Å². The first-order valence-electron chi connectivity index (χ1n) is 7.48. The number of hydrogen-bond donors (Lipinski definition) is 1. The van der Waals surface area contributed by atoms with Crippen molar-refractivity contribution in [1.29, 1.82) is 0 Å². The van der Waals surface area contributed by atoms with Gasteiger partial charge in [0.1, 0.15) is 5.69 Å². The average molecular weight is 277 g/mol. The van der Waals surface area contributed by atoms with E-state index in [1.54, 1.807) is 6.07 Å². The second kappa shape index (κ2) is 5.13. The lowest BCUT2D eigenvalue weighted by Crippen LogP contribution is -2.51. The molecule has 1 amide bonds. The molecule has 2 atom stereocenters. The molecule has 2 fully saturated rings. The summed E-state index contributed by atoms with van der Waals surface area (Å²) >= 11 is 0. The molecule has 2 unspecified atom stereocenters. The number of anilines is 1. The van der Waals surface area contributed by atoms with E-state index >= 15 is 0 Å². The zero-order valence-corrected chi connectivity index (χ0v) is 12.2. The summed E-state index contributed by atoms with van der Waals surface area (Å²) in [5.74, 6) is 0.0931. The van der Waals surface area contributed by atoms with Gasteiger partial charge in [-0.25, -0.2) is 0 Å². The van der Waals surface area contributed by atoms with Crippen LogP contribution in [0.15, 0.2) is 12.3 Å². The molecule has 110 valence electrons. The Balaban J connectivity index is 1.88. The molecule has 0 bridgehead atoms. The van der Waals surface area contributed by atoms with Gasteiger partial charge in [-0.2, -0.15) is 0 Å². The quantitative estimate of drug-likeness (QED) is 0.900. The molecule has 0 radical (unpaired) electrons. The van der Waals surface area contributed by atoms with Crippen molar-refractivity contribution in [2.75, 3.05) is 18.9 Å². The van der Waals surface area contributed by atoms with E-state index in [1.807, 2.05) is 15.7 Å². The predicted molar refractivity (Wildman–Crippen MR) is 77.6 cm³/mol. The number of morpholine rings is 1. The summed E-state index contributed by atoms with van der Waals surface area (Å²) in [6.45, 7) is 5.45. The Hall–Kier alpha value is -1.49. The van der Waals surface area contributed by atoms with Crippen molar-refractivity contribution >= 4 is 11.6 Å². The van der Waals surface area contributed by atoms with Gasteiger partial charge >= 0.3 is 0 Å². The lowest BCUT2D eigenvalue weighted by Gasteiger charge is -2.37. The summed E-state index contributed by atoms with van der Waals surface area (Å²) in [6, 6.07) is 2.27. The molecule has 1 aromatic rings. The minimum atomic E-state index is 0.0931. The van der Waals surface area contributed by atoms with Crippen LogP contribution >= 0.6 is 0 Å². The van der Waals surface area contributed by atoms with E-state index in [4.69, 9.17) is 10.5 Å². The summed E-state index contributed by atoms with van der Waals surface area (Å²) in [6.07, 6.45) is 5.35. The largest absolute Gasteiger partial charge is 0.397 e. The number of nitrogen functional groups attached to an aromatic ring is 1. The maximum absolute atomic E-state index is 12.9. The molecule has 5 heteroatoms. The Morgan fingerprint density at radius 2 is 2.25 bits per heavy atom. The van der Waals surface area contributed by atoms with Crippen LogP contribution in [0.4, 0.5) is 5.69 Å². The molecule has 2 N–H and O–H groups in total.